The Morgan fingerprint density at radius 1 is 1.55 bits per heavy atom. The van der Waals surface area contributed by atoms with Crippen LogP contribution in [0.2, 0.25) is 5.15 Å². The minimum absolute atomic E-state index is 0.101. The molecule has 11 heavy (non-hydrogen) atoms. The van der Waals surface area contributed by atoms with E-state index in [0.29, 0.717) is 10.8 Å². The van der Waals surface area contributed by atoms with E-state index in [2.05, 4.69) is 10.2 Å². The van der Waals surface area contributed by atoms with Crippen LogP contribution < -0.4 is 5.73 Å². The largest absolute Gasteiger partial charge is 0.369 e. The zero-order valence-electron chi connectivity index (χ0n) is 5.62. The van der Waals surface area contributed by atoms with Crippen LogP contribution in [-0.2, 0) is 11.2 Å². The second kappa shape index (κ2) is 3.30. The summed E-state index contributed by atoms with van der Waals surface area (Å²) in [5, 5.41) is 7.48. The molecule has 5 heteroatoms. The highest BCUT2D eigenvalue weighted by Crippen LogP contribution is 2.01. The maximum atomic E-state index is 10.4. The number of amides is 1. The number of aromatic nitrogens is 2. The van der Waals surface area contributed by atoms with E-state index in [0.717, 1.165) is 0 Å². The lowest BCUT2D eigenvalue weighted by Gasteiger charge is -1.93. The van der Waals surface area contributed by atoms with Gasteiger partial charge in [-0.15, -0.1) is 5.10 Å². The van der Waals surface area contributed by atoms with Crippen LogP contribution in [0, 0.1) is 0 Å². The molecule has 1 aromatic rings. The highest BCUT2D eigenvalue weighted by atomic mass is 35.5. The van der Waals surface area contributed by atoms with Gasteiger partial charge in [-0.05, 0) is 12.1 Å². The van der Waals surface area contributed by atoms with Crippen molar-refractivity contribution in [3.63, 3.8) is 0 Å². The van der Waals surface area contributed by atoms with E-state index in [-0.39, 0.29) is 6.42 Å². The zero-order valence-corrected chi connectivity index (χ0v) is 6.38. The summed E-state index contributed by atoms with van der Waals surface area (Å²) in [6.07, 6.45) is 0.101. The van der Waals surface area contributed by atoms with Gasteiger partial charge in [0.2, 0.25) is 5.91 Å². The number of primary amides is 1. The second-order valence-electron chi connectivity index (χ2n) is 1.99. The van der Waals surface area contributed by atoms with E-state index >= 15 is 0 Å². The van der Waals surface area contributed by atoms with Crippen molar-refractivity contribution in [1.29, 1.82) is 0 Å². The average molecular weight is 172 g/mol. The smallest absolute Gasteiger partial charge is 0.223 e. The van der Waals surface area contributed by atoms with E-state index in [1.54, 1.807) is 12.1 Å². The van der Waals surface area contributed by atoms with Gasteiger partial charge in [-0.1, -0.05) is 11.6 Å². The second-order valence-corrected chi connectivity index (χ2v) is 2.38. The van der Waals surface area contributed by atoms with Crippen molar-refractivity contribution in [2.75, 3.05) is 0 Å². The van der Waals surface area contributed by atoms with Gasteiger partial charge >= 0.3 is 0 Å². The van der Waals surface area contributed by atoms with Gasteiger partial charge in [0.05, 0.1) is 12.1 Å². The molecule has 0 bridgehead atoms. The maximum absolute atomic E-state index is 10.4. The lowest BCUT2D eigenvalue weighted by molar-refractivity contribution is -0.117. The SMILES string of the molecule is NC(=O)Cc1ccc(Cl)nn1. The molecule has 1 rings (SSSR count). The summed E-state index contributed by atoms with van der Waals surface area (Å²) in [6, 6.07) is 3.17. The van der Waals surface area contributed by atoms with Crippen LogP contribution in [0.3, 0.4) is 0 Å². The third-order valence-corrected chi connectivity index (χ3v) is 1.24. The van der Waals surface area contributed by atoms with Gasteiger partial charge in [-0.25, -0.2) is 0 Å². The Morgan fingerprint density at radius 2 is 2.27 bits per heavy atom. The summed E-state index contributed by atoms with van der Waals surface area (Å²) < 4.78 is 0. The van der Waals surface area contributed by atoms with E-state index < -0.39 is 5.91 Å². The molecule has 0 radical (unpaired) electrons. The minimum Gasteiger partial charge on any atom is -0.369 e. The average Bonchev–Trinajstić information content (AvgIpc) is 1.93. The molecule has 0 aliphatic rings. The van der Waals surface area contributed by atoms with Crippen LogP contribution in [0.15, 0.2) is 12.1 Å². The van der Waals surface area contributed by atoms with Gasteiger partial charge in [-0.3, -0.25) is 4.79 Å². The van der Waals surface area contributed by atoms with Crippen molar-refractivity contribution < 1.29 is 4.79 Å². The molecular weight excluding hydrogens is 166 g/mol. The molecule has 0 saturated heterocycles. The van der Waals surface area contributed by atoms with Crippen LogP contribution in [0.25, 0.3) is 0 Å². The van der Waals surface area contributed by atoms with Crippen LogP contribution in [-0.4, -0.2) is 16.1 Å². The molecule has 0 aliphatic heterocycles. The van der Waals surface area contributed by atoms with Crippen LogP contribution >= 0.6 is 11.6 Å². The Kier molecular flexibility index (Phi) is 2.38. The molecule has 2 N–H and O–H groups in total. The third-order valence-electron chi connectivity index (χ3n) is 1.04. The summed E-state index contributed by atoms with van der Waals surface area (Å²) >= 11 is 5.46. The topological polar surface area (TPSA) is 68.9 Å². The summed E-state index contributed by atoms with van der Waals surface area (Å²) in [5.41, 5.74) is 5.45. The van der Waals surface area contributed by atoms with Crippen molar-refractivity contribution in [1.82, 2.24) is 10.2 Å². The first kappa shape index (κ1) is 7.94. The number of carbonyl (C=O) groups is 1. The molecule has 4 nitrogen and oxygen atoms in total. The first-order valence-electron chi connectivity index (χ1n) is 2.95. The molecule has 0 atom stereocenters. The molecule has 0 unspecified atom stereocenters. The quantitative estimate of drug-likeness (QED) is 0.689. The summed E-state index contributed by atoms with van der Waals surface area (Å²) in [5.74, 6) is -0.429. The van der Waals surface area contributed by atoms with Crippen LogP contribution in [0.5, 0.6) is 0 Å². The predicted molar refractivity (Wildman–Crippen MR) is 39.9 cm³/mol. The number of hydrogen-bond donors (Lipinski definition) is 1. The van der Waals surface area contributed by atoms with Crippen molar-refractivity contribution in [2.24, 2.45) is 5.73 Å². The highest BCUT2D eigenvalue weighted by molar-refractivity contribution is 6.29. The first-order valence-corrected chi connectivity index (χ1v) is 3.32. The number of nitrogens with zero attached hydrogens (tertiary/aromatic N) is 2. The fraction of sp³-hybridized carbons (Fsp3) is 0.167. The molecule has 0 aliphatic carbocycles. The molecule has 1 amide bonds. The van der Waals surface area contributed by atoms with Crippen molar-refractivity contribution in [2.45, 2.75) is 6.42 Å². The fourth-order valence-electron chi connectivity index (χ4n) is 0.616. The Balaban J connectivity index is 2.74. The zero-order chi connectivity index (χ0) is 8.27. The van der Waals surface area contributed by atoms with E-state index in [9.17, 15) is 4.79 Å². The Morgan fingerprint density at radius 3 is 2.73 bits per heavy atom. The molecule has 0 saturated carbocycles. The van der Waals surface area contributed by atoms with Gasteiger partial charge < -0.3 is 5.73 Å². The van der Waals surface area contributed by atoms with Gasteiger partial charge in [0.15, 0.2) is 5.15 Å². The van der Waals surface area contributed by atoms with Gasteiger partial charge in [0.1, 0.15) is 0 Å². The monoisotopic (exact) mass is 171 g/mol. The van der Waals surface area contributed by atoms with Gasteiger partial charge in [0.25, 0.3) is 0 Å². The molecule has 1 heterocycles. The lowest BCUT2D eigenvalue weighted by atomic mass is 10.3. The molecule has 1 aromatic heterocycles. The summed E-state index contributed by atoms with van der Waals surface area (Å²) in [7, 11) is 0. The number of carbonyl (C=O) groups excluding carboxylic acids is 1. The first-order chi connectivity index (χ1) is 5.18. The molecule has 0 fully saturated rings. The van der Waals surface area contributed by atoms with Gasteiger partial charge in [-0.2, -0.15) is 5.10 Å². The van der Waals surface area contributed by atoms with Crippen LogP contribution in [0.4, 0.5) is 0 Å². The minimum atomic E-state index is -0.429. The van der Waals surface area contributed by atoms with Gasteiger partial charge in [0, 0.05) is 0 Å². The molecular formula is C6H6ClN3O. The molecule has 58 valence electrons. The summed E-state index contributed by atoms with van der Waals surface area (Å²) in [6.45, 7) is 0. The van der Waals surface area contributed by atoms with E-state index in [4.69, 9.17) is 17.3 Å². The van der Waals surface area contributed by atoms with E-state index in [1.165, 1.54) is 0 Å². The van der Waals surface area contributed by atoms with Crippen molar-refractivity contribution in [3.8, 4) is 0 Å². The number of rotatable bonds is 2. The predicted octanol–water partition coefficient (Wildman–Crippen LogP) is 0.158. The standard InChI is InChI=1S/C6H6ClN3O/c7-5-2-1-4(9-10-5)3-6(8)11/h1-2H,3H2,(H2,8,11). The van der Waals surface area contributed by atoms with Crippen molar-refractivity contribution >= 4 is 17.5 Å². The molecule has 0 aromatic carbocycles. The fourth-order valence-corrected chi connectivity index (χ4v) is 0.717. The third kappa shape index (κ3) is 2.51. The number of nitrogens with two attached hydrogens (primary N) is 1. The van der Waals surface area contributed by atoms with Crippen LogP contribution in [0.1, 0.15) is 5.69 Å². The molecule has 0 spiro atoms. The summed E-state index contributed by atoms with van der Waals surface area (Å²) in [4.78, 5) is 10.4. The maximum Gasteiger partial charge on any atom is 0.223 e. The number of hydrogen-bond acceptors (Lipinski definition) is 3. The lowest BCUT2D eigenvalue weighted by Crippen LogP contribution is -2.14. The Bertz CT molecular complexity index is 259. The Hall–Kier alpha value is -1.16. The number of halogens is 1. The van der Waals surface area contributed by atoms with Crippen molar-refractivity contribution in [3.05, 3.63) is 23.0 Å². The highest BCUT2D eigenvalue weighted by Gasteiger charge is 1.99. The van der Waals surface area contributed by atoms with E-state index in [1.807, 2.05) is 0 Å². The Labute approximate surface area is 68.4 Å². The normalized spacial score (nSPS) is 9.55.